The SMILES string of the molecule is CC1=Cc2[nH]c(=O)[nH]c2CCCC=C1. The van der Waals surface area contributed by atoms with Gasteiger partial charge in [-0.3, -0.25) is 0 Å². The maximum absolute atomic E-state index is 11.1. The largest absolute Gasteiger partial charge is 0.323 e. The summed E-state index contributed by atoms with van der Waals surface area (Å²) in [5, 5.41) is 0. The Morgan fingerprint density at radius 1 is 1.36 bits per heavy atom. The molecule has 2 N–H and O–H groups in total. The third-order valence-corrected chi connectivity index (χ3v) is 2.39. The second-order valence-electron chi connectivity index (χ2n) is 3.65. The first kappa shape index (κ1) is 9.06. The number of aromatic nitrogens is 2. The van der Waals surface area contributed by atoms with Crippen molar-refractivity contribution in [2.45, 2.75) is 26.2 Å². The first-order valence-electron chi connectivity index (χ1n) is 4.92. The normalized spacial score (nSPS) is 16.5. The van der Waals surface area contributed by atoms with Gasteiger partial charge in [0.25, 0.3) is 0 Å². The van der Waals surface area contributed by atoms with Gasteiger partial charge < -0.3 is 9.97 Å². The van der Waals surface area contributed by atoms with Crippen molar-refractivity contribution in [3.05, 3.63) is 39.6 Å². The molecule has 0 fully saturated rings. The Bertz CT molecular complexity index is 434. The zero-order valence-corrected chi connectivity index (χ0v) is 8.26. The third kappa shape index (κ3) is 1.87. The summed E-state index contributed by atoms with van der Waals surface area (Å²) in [4.78, 5) is 16.7. The average molecular weight is 190 g/mol. The second kappa shape index (κ2) is 3.70. The monoisotopic (exact) mass is 190 g/mol. The molecule has 0 unspecified atom stereocenters. The summed E-state index contributed by atoms with van der Waals surface area (Å²) < 4.78 is 0. The lowest BCUT2D eigenvalue weighted by molar-refractivity contribution is 0.821. The number of aromatic amines is 2. The van der Waals surface area contributed by atoms with Crippen molar-refractivity contribution < 1.29 is 0 Å². The Kier molecular flexibility index (Phi) is 2.39. The van der Waals surface area contributed by atoms with Crippen LogP contribution in [0.25, 0.3) is 6.08 Å². The first-order valence-corrected chi connectivity index (χ1v) is 4.92. The zero-order valence-electron chi connectivity index (χ0n) is 8.26. The minimum Gasteiger partial charge on any atom is -0.309 e. The number of allylic oxidation sites excluding steroid dienone is 3. The van der Waals surface area contributed by atoms with Crippen LogP contribution in [0.5, 0.6) is 0 Å². The number of nitrogens with one attached hydrogen (secondary N) is 2. The first-order chi connectivity index (χ1) is 6.75. The summed E-state index contributed by atoms with van der Waals surface area (Å²) in [6, 6.07) is 0. The molecule has 0 spiro atoms. The molecule has 1 aliphatic carbocycles. The minimum absolute atomic E-state index is 0.108. The van der Waals surface area contributed by atoms with Crippen LogP contribution in [0.15, 0.2) is 22.5 Å². The van der Waals surface area contributed by atoms with Gasteiger partial charge in [0, 0.05) is 5.69 Å². The number of hydrogen-bond acceptors (Lipinski definition) is 1. The number of imidazole rings is 1. The van der Waals surface area contributed by atoms with Gasteiger partial charge in [-0.15, -0.1) is 0 Å². The van der Waals surface area contributed by atoms with Crippen molar-refractivity contribution in [3.63, 3.8) is 0 Å². The smallest absolute Gasteiger partial charge is 0.309 e. The summed E-state index contributed by atoms with van der Waals surface area (Å²) in [7, 11) is 0. The lowest BCUT2D eigenvalue weighted by atomic mass is 10.1. The number of hydrogen-bond donors (Lipinski definition) is 2. The standard InChI is InChI=1S/C11H14N2O/c1-8-5-3-2-4-6-9-10(7-8)13-11(14)12-9/h3,5,7H,2,4,6H2,1H3,(H2,12,13,14). The van der Waals surface area contributed by atoms with Crippen LogP contribution < -0.4 is 5.69 Å². The van der Waals surface area contributed by atoms with Gasteiger partial charge in [-0.05, 0) is 37.8 Å². The van der Waals surface area contributed by atoms with E-state index < -0.39 is 0 Å². The van der Waals surface area contributed by atoms with Crippen molar-refractivity contribution in [2.24, 2.45) is 0 Å². The Labute approximate surface area is 82.6 Å². The fraction of sp³-hybridized carbons (Fsp3) is 0.364. The van der Waals surface area contributed by atoms with Crippen LogP contribution in [0.2, 0.25) is 0 Å². The van der Waals surface area contributed by atoms with Gasteiger partial charge in [-0.25, -0.2) is 4.79 Å². The molecule has 2 rings (SSSR count). The van der Waals surface area contributed by atoms with Gasteiger partial charge in [-0.1, -0.05) is 12.2 Å². The van der Waals surface area contributed by atoms with E-state index in [9.17, 15) is 4.79 Å². The molecule has 0 bridgehead atoms. The molecule has 0 aliphatic heterocycles. The molecule has 0 saturated carbocycles. The predicted molar refractivity (Wildman–Crippen MR) is 57.1 cm³/mol. The summed E-state index contributed by atoms with van der Waals surface area (Å²) in [6.45, 7) is 2.04. The number of H-pyrrole nitrogens is 2. The van der Waals surface area contributed by atoms with Crippen LogP contribution in [0.4, 0.5) is 0 Å². The lowest BCUT2D eigenvalue weighted by Crippen LogP contribution is -2.01. The third-order valence-electron chi connectivity index (χ3n) is 2.39. The highest BCUT2D eigenvalue weighted by Gasteiger charge is 2.05. The van der Waals surface area contributed by atoms with Crippen molar-refractivity contribution in [1.29, 1.82) is 0 Å². The second-order valence-corrected chi connectivity index (χ2v) is 3.65. The topological polar surface area (TPSA) is 48.6 Å². The molecule has 1 aliphatic rings. The fourth-order valence-corrected chi connectivity index (χ4v) is 1.70. The van der Waals surface area contributed by atoms with Gasteiger partial charge in [0.2, 0.25) is 0 Å². The van der Waals surface area contributed by atoms with Gasteiger partial charge in [-0.2, -0.15) is 0 Å². The molecule has 3 heteroatoms. The van der Waals surface area contributed by atoms with E-state index in [2.05, 4.69) is 22.1 Å². The van der Waals surface area contributed by atoms with Crippen LogP contribution in [0, 0.1) is 0 Å². The molecular weight excluding hydrogens is 176 g/mol. The van der Waals surface area contributed by atoms with Crippen LogP contribution in [-0.2, 0) is 6.42 Å². The van der Waals surface area contributed by atoms with E-state index in [0.29, 0.717) is 0 Å². The molecule has 1 aromatic rings. The Morgan fingerprint density at radius 2 is 2.21 bits per heavy atom. The van der Waals surface area contributed by atoms with Crippen molar-refractivity contribution in [2.75, 3.05) is 0 Å². The molecule has 0 amide bonds. The molecule has 0 atom stereocenters. The highest BCUT2D eigenvalue weighted by Crippen LogP contribution is 2.13. The van der Waals surface area contributed by atoms with E-state index in [0.717, 1.165) is 30.7 Å². The summed E-state index contributed by atoms with van der Waals surface area (Å²) >= 11 is 0. The maximum Gasteiger partial charge on any atom is 0.323 e. The van der Waals surface area contributed by atoms with Gasteiger partial charge in [0.1, 0.15) is 0 Å². The molecule has 0 saturated heterocycles. The molecule has 3 nitrogen and oxygen atoms in total. The average Bonchev–Trinajstić information content (AvgIpc) is 2.47. The van der Waals surface area contributed by atoms with E-state index in [1.165, 1.54) is 5.57 Å². The number of fused-ring (bicyclic) bond motifs is 1. The highest BCUT2D eigenvalue weighted by molar-refractivity contribution is 5.54. The van der Waals surface area contributed by atoms with E-state index in [1.807, 2.05) is 13.0 Å². The molecule has 1 heterocycles. The van der Waals surface area contributed by atoms with Crippen LogP contribution in [-0.4, -0.2) is 9.97 Å². The molecule has 1 aromatic heterocycles. The lowest BCUT2D eigenvalue weighted by Gasteiger charge is -1.96. The van der Waals surface area contributed by atoms with Gasteiger partial charge in [0.05, 0.1) is 5.69 Å². The van der Waals surface area contributed by atoms with E-state index in [-0.39, 0.29) is 5.69 Å². The fourth-order valence-electron chi connectivity index (χ4n) is 1.70. The van der Waals surface area contributed by atoms with Crippen molar-refractivity contribution in [3.8, 4) is 0 Å². The minimum atomic E-state index is -0.108. The van der Waals surface area contributed by atoms with Gasteiger partial charge in [0.15, 0.2) is 0 Å². The summed E-state index contributed by atoms with van der Waals surface area (Å²) in [6.07, 6.45) is 9.36. The number of rotatable bonds is 0. The number of aryl methyl sites for hydroxylation is 1. The van der Waals surface area contributed by atoms with E-state index in [1.54, 1.807) is 0 Å². The summed E-state index contributed by atoms with van der Waals surface area (Å²) in [5.74, 6) is 0. The van der Waals surface area contributed by atoms with Crippen LogP contribution >= 0.6 is 0 Å². The summed E-state index contributed by atoms with van der Waals surface area (Å²) in [5.41, 5.74) is 3.02. The Hall–Kier alpha value is -1.51. The molecule has 74 valence electrons. The molecular formula is C11H14N2O. The maximum atomic E-state index is 11.1. The van der Waals surface area contributed by atoms with Gasteiger partial charge >= 0.3 is 5.69 Å². The molecule has 14 heavy (non-hydrogen) atoms. The van der Waals surface area contributed by atoms with Crippen molar-refractivity contribution >= 4 is 6.08 Å². The Morgan fingerprint density at radius 3 is 3.07 bits per heavy atom. The van der Waals surface area contributed by atoms with E-state index >= 15 is 0 Å². The highest BCUT2D eigenvalue weighted by atomic mass is 16.1. The molecule has 0 radical (unpaired) electrons. The Balaban J connectivity index is 2.47. The molecule has 0 aromatic carbocycles. The predicted octanol–water partition coefficient (Wildman–Crippen LogP) is 2.00. The van der Waals surface area contributed by atoms with Crippen molar-refractivity contribution in [1.82, 2.24) is 9.97 Å². The zero-order chi connectivity index (χ0) is 9.97. The van der Waals surface area contributed by atoms with Crippen LogP contribution in [0.1, 0.15) is 31.2 Å². The van der Waals surface area contributed by atoms with E-state index in [4.69, 9.17) is 0 Å². The quantitative estimate of drug-likeness (QED) is 0.645. The van der Waals surface area contributed by atoms with Crippen LogP contribution in [0.3, 0.4) is 0 Å².